The predicted octanol–water partition coefficient (Wildman–Crippen LogP) is 4.73. The second-order valence-corrected chi connectivity index (χ2v) is 7.22. The van der Waals surface area contributed by atoms with Gasteiger partial charge in [-0.25, -0.2) is 19.3 Å². The Morgan fingerprint density at radius 2 is 1.84 bits per heavy atom. The molecule has 2 aromatic heterocycles. The highest BCUT2D eigenvalue weighted by atomic mass is 19.1. The normalized spacial score (nSPS) is 13.4. The number of hydrogen-bond acceptors (Lipinski definition) is 7. The maximum absolute atomic E-state index is 13.8. The first-order valence-electron chi connectivity index (χ1n) is 10.9. The Balaban J connectivity index is 0.00000141. The van der Waals surface area contributed by atoms with E-state index in [-0.39, 0.29) is 11.5 Å². The third-order valence-electron chi connectivity index (χ3n) is 5.10. The van der Waals surface area contributed by atoms with E-state index >= 15 is 0 Å². The Kier molecular flexibility index (Phi) is 8.46. The van der Waals surface area contributed by atoms with E-state index in [1.54, 1.807) is 12.3 Å². The van der Waals surface area contributed by atoms with Gasteiger partial charge >= 0.3 is 0 Å². The third-order valence-corrected chi connectivity index (χ3v) is 5.10. The van der Waals surface area contributed by atoms with Crippen molar-refractivity contribution in [3.8, 4) is 17.2 Å². The molecule has 166 valence electrons. The van der Waals surface area contributed by atoms with E-state index in [1.165, 1.54) is 24.5 Å². The number of nitrogens with one attached hydrogen (secondary N) is 3. The van der Waals surface area contributed by atoms with Gasteiger partial charge in [0.2, 0.25) is 0 Å². The lowest BCUT2D eigenvalue weighted by molar-refractivity contribution is 0.390. The van der Waals surface area contributed by atoms with Crippen molar-refractivity contribution < 1.29 is 4.39 Å². The molecule has 0 aliphatic carbocycles. The molecule has 3 N–H and O–H groups in total. The van der Waals surface area contributed by atoms with Crippen LogP contribution in [0.2, 0.25) is 0 Å². The lowest BCUT2D eigenvalue weighted by atomic mass is 9.97. The first-order valence-corrected chi connectivity index (χ1v) is 10.9. The average molecular weight is 434 g/mol. The van der Waals surface area contributed by atoms with E-state index in [2.05, 4.69) is 30.9 Å². The zero-order chi connectivity index (χ0) is 22.8. The van der Waals surface area contributed by atoms with Gasteiger partial charge in [-0.2, -0.15) is 5.26 Å². The molecule has 3 aromatic rings. The van der Waals surface area contributed by atoms with Gasteiger partial charge in [-0.05, 0) is 49.5 Å². The maximum Gasteiger partial charge on any atom is 0.158 e. The van der Waals surface area contributed by atoms with Gasteiger partial charge in [0.1, 0.15) is 23.5 Å². The Morgan fingerprint density at radius 3 is 2.53 bits per heavy atom. The van der Waals surface area contributed by atoms with E-state index in [9.17, 15) is 4.39 Å². The fraction of sp³-hybridized carbons (Fsp3) is 0.333. The van der Waals surface area contributed by atoms with E-state index < -0.39 is 0 Å². The van der Waals surface area contributed by atoms with Gasteiger partial charge < -0.3 is 16.0 Å². The summed E-state index contributed by atoms with van der Waals surface area (Å²) in [4.78, 5) is 12.6. The lowest BCUT2D eigenvalue weighted by Crippen LogP contribution is -2.31. The Labute approximate surface area is 188 Å². The molecule has 3 heterocycles. The van der Waals surface area contributed by atoms with Crippen LogP contribution in [0.4, 0.5) is 21.7 Å². The number of nitrogens with zero attached hydrogens (tertiary/aromatic N) is 4. The Morgan fingerprint density at radius 1 is 1.06 bits per heavy atom. The standard InChI is InChI=1S/C22H22FN7.C2H6/c23-17-3-1-2-16(8-17)19-13-29-21(30-22-14-26-18(10-24)12-28-22)9-20(19)27-11-15-4-6-25-7-5-15;1-2/h1-3,8-9,12-15,25H,4-7,11H2,(H2,27,28,29,30);1-2H3. The van der Waals surface area contributed by atoms with Crippen molar-refractivity contribution in [1.29, 1.82) is 5.26 Å². The van der Waals surface area contributed by atoms with E-state index in [0.29, 0.717) is 17.6 Å². The molecule has 1 aliphatic heterocycles. The minimum atomic E-state index is -0.285. The minimum Gasteiger partial charge on any atom is -0.384 e. The van der Waals surface area contributed by atoms with Crippen LogP contribution in [0, 0.1) is 23.1 Å². The van der Waals surface area contributed by atoms with Gasteiger partial charge in [-0.1, -0.05) is 26.0 Å². The molecule has 0 spiro atoms. The number of pyridine rings is 1. The largest absolute Gasteiger partial charge is 0.384 e. The summed E-state index contributed by atoms with van der Waals surface area (Å²) in [5.41, 5.74) is 2.72. The third kappa shape index (κ3) is 6.22. The molecule has 1 fully saturated rings. The topological polar surface area (TPSA) is 98.5 Å². The van der Waals surface area contributed by atoms with Gasteiger partial charge in [0.05, 0.1) is 12.4 Å². The van der Waals surface area contributed by atoms with Crippen LogP contribution in [-0.4, -0.2) is 34.6 Å². The lowest BCUT2D eigenvalue weighted by Gasteiger charge is -2.24. The summed E-state index contributed by atoms with van der Waals surface area (Å²) in [5.74, 6) is 1.37. The van der Waals surface area contributed by atoms with E-state index in [4.69, 9.17) is 5.26 Å². The first-order chi connectivity index (χ1) is 15.7. The molecular weight excluding hydrogens is 405 g/mol. The summed E-state index contributed by atoms with van der Waals surface area (Å²) < 4.78 is 13.8. The highest BCUT2D eigenvalue weighted by Gasteiger charge is 2.15. The second-order valence-electron chi connectivity index (χ2n) is 7.22. The molecule has 0 radical (unpaired) electrons. The smallest absolute Gasteiger partial charge is 0.158 e. The quantitative estimate of drug-likeness (QED) is 0.517. The number of benzene rings is 1. The number of piperidine rings is 1. The molecule has 0 amide bonds. The van der Waals surface area contributed by atoms with E-state index in [0.717, 1.165) is 49.3 Å². The van der Waals surface area contributed by atoms with Crippen LogP contribution in [0.1, 0.15) is 32.4 Å². The Bertz CT molecular complexity index is 1040. The number of nitriles is 1. The molecule has 1 aliphatic rings. The highest BCUT2D eigenvalue weighted by Crippen LogP contribution is 2.31. The SMILES string of the molecule is CC.N#Cc1cnc(Nc2cc(NCC3CCNCC3)c(-c3cccc(F)c3)cn2)cn1. The molecule has 8 heteroatoms. The molecule has 0 bridgehead atoms. The van der Waals surface area contributed by atoms with E-state index in [1.807, 2.05) is 32.0 Å². The van der Waals surface area contributed by atoms with Crippen molar-refractivity contribution in [1.82, 2.24) is 20.3 Å². The van der Waals surface area contributed by atoms with Crippen molar-refractivity contribution in [3.05, 3.63) is 60.4 Å². The van der Waals surface area contributed by atoms with Gasteiger partial charge in [0.15, 0.2) is 5.69 Å². The molecule has 4 rings (SSSR count). The zero-order valence-electron chi connectivity index (χ0n) is 18.4. The van der Waals surface area contributed by atoms with Crippen LogP contribution < -0.4 is 16.0 Å². The summed E-state index contributed by atoms with van der Waals surface area (Å²) in [6.07, 6.45) is 6.86. The molecule has 7 nitrogen and oxygen atoms in total. The van der Waals surface area contributed by atoms with Crippen LogP contribution in [0.3, 0.4) is 0 Å². The molecular formula is C24H28FN7. The summed E-state index contributed by atoms with van der Waals surface area (Å²) in [6, 6.07) is 10.3. The van der Waals surface area contributed by atoms with Crippen molar-refractivity contribution in [2.75, 3.05) is 30.3 Å². The van der Waals surface area contributed by atoms with Gasteiger partial charge in [0.25, 0.3) is 0 Å². The van der Waals surface area contributed by atoms with Crippen molar-refractivity contribution in [2.24, 2.45) is 5.92 Å². The highest BCUT2D eigenvalue weighted by molar-refractivity contribution is 5.79. The minimum absolute atomic E-state index is 0.249. The molecule has 1 aromatic carbocycles. The van der Waals surface area contributed by atoms with Crippen LogP contribution in [-0.2, 0) is 0 Å². The molecule has 1 saturated heterocycles. The maximum atomic E-state index is 13.8. The predicted molar refractivity (Wildman–Crippen MR) is 125 cm³/mol. The number of halogens is 1. The Hall–Kier alpha value is -3.57. The molecule has 0 saturated carbocycles. The van der Waals surface area contributed by atoms with Gasteiger partial charge in [-0.15, -0.1) is 0 Å². The van der Waals surface area contributed by atoms with Crippen LogP contribution in [0.5, 0.6) is 0 Å². The van der Waals surface area contributed by atoms with Crippen molar-refractivity contribution in [2.45, 2.75) is 26.7 Å². The van der Waals surface area contributed by atoms with Gasteiger partial charge in [0, 0.05) is 30.1 Å². The van der Waals surface area contributed by atoms with Crippen LogP contribution in [0.15, 0.2) is 48.9 Å². The fourth-order valence-corrected chi connectivity index (χ4v) is 3.48. The summed E-state index contributed by atoms with van der Waals surface area (Å²) in [5, 5.41) is 18.9. The summed E-state index contributed by atoms with van der Waals surface area (Å²) in [7, 11) is 0. The van der Waals surface area contributed by atoms with Gasteiger partial charge in [-0.3, -0.25) is 0 Å². The van der Waals surface area contributed by atoms with Crippen LogP contribution in [0.25, 0.3) is 11.1 Å². The molecule has 0 atom stereocenters. The monoisotopic (exact) mass is 433 g/mol. The van der Waals surface area contributed by atoms with Crippen molar-refractivity contribution >= 4 is 17.3 Å². The number of hydrogen-bond donors (Lipinski definition) is 3. The molecule has 0 unspecified atom stereocenters. The summed E-state index contributed by atoms with van der Waals surface area (Å²) >= 11 is 0. The van der Waals surface area contributed by atoms with Crippen LogP contribution >= 0.6 is 0 Å². The average Bonchev–Trinajstić information content (AvgIpc) is 2.85. The summed E-state index contributed by atoms with van der Waals surface area (Å²) in [6.45, 7) is 6.90. The molecule has 32 heavy (non-hydrogen) atoms. The zero-order valence-corrected chi connectivity index (χ0v) is 18.4. The first kappa shape index (κ1) is 23.1. The number of aromatic nitrogens is 3. The number of anilines is 3. The fourth-order valence-electron chi connectivity index (χ4n) is 3.48. The van der Waals surface area contributed by atoms with Crippen molar-refractivity contribution in [3.63, 3.8) is 0 Å². The second kappa shape index (κ2) is 11.7. The number of rotatable bonds is 6.